The number of esters is 1. The maximum absolute atomic E-state index is 12.9. The molecule has 4 aromatic rings. The fourth-order valence-electron chi connectivity index (χ4n) is 2.91. The molecule has 2 aromatic heterocycles. The van der Waals surface area contributed by atoms with Crippen LogP contribution in [0.3, 0.4) is 0 Å². The molecule has 11 heteroatoms. The Balaban J connectivity index is 1.53. The van der Waals surface area contributed by atoms with Crippen molar-refractivity contribution in [2.24, 2.45) is 0 Å². The van der Waals surface area contributed by atoms with E-state index in [2.05, 4.69) is 15.3 Å². The van der Waals surface area contributed by atoms with Gasteiger partial charge in [0.2, 0.25) is 6.79 Å². The number of carbonyl (C=O) groups excluding carboxylic acids is 2. The Morgan fingerprint density at radius 2 is 1.94 bits per heavy atom. The molecular weight excluding hydrogens is 482 g/mol. The SMILES string of the molecule is COc1ccnc(C(=O)Nc2nc3ccc(Oc4cccc(Cl)c4)cc3s2)c1OCOC(C)=O. The van der Waals surface area contributed by atoms with Crippen LogP contribution in [0.2, 0.25) is 5.02 Å². The van der Waals surface area contributed by atoms with E-state index in [1.807, 2.05) is 6.07 Å². The maximum Gasteiger partial charge on any atom is 0.305 e. The number of carbonyl (C=O) groups is 2. The van der Waals surface area contributed by atoms with Gasteiger partial charge in [0.05, 0.1) is 17.3 Å². The summed E-state index contributed by atoms with van der Waals surface area (Å²) in [5, 5.41) is 3.65. The Hall–Kier alpha value is -3.89. The molecule has 0 spiro atoms. The quantitative estimate of drug-likeness (QED) is 0.257. The molecule has 2 aromatic carbocycles. The van der Waals surface area contributed by atoms with Crippen molar-refractivity contribution in [2.45, 2.75) is 6.92 Å². The minimum absolute atomic E-state index is 0.0436. The number of methoxy groups -OCH3 is 1. The summed E-state index contributed by atoms with van der Waals surface area (Å²) in [6.07, 6.45) is 1.41. The van der Waals surface area contributed by atoms with E-state index in [1.165, 1.54) is 37.6 Å². The van der Waals surface area contributed by atoms with Gasteiger partial charge in [0.25, 0.3) is 5.91 Å². The van der Waals surface area contributed by atoms with Gasteiger partial charge >= 0.3 is 5.97 Å². The van der Waals surface area contributed by atoms with Crippen molar-refractivity contribution in [3.8, 4) is 23.0 Å². The van der Waals surface area contributed by atoms with Gasteiger partial charge in [0.15, 0.2) is 22.3 Å². The standard InChI is InChI=1S/C23H18ClN3O6S/c1-13(28)31-12-32-21-18(30-2)8-9-25-20(21)22(29)27-23-26-17-7-6-16(11-19(17)34-23)33-15-5-3-4-14(24)10-15/h3-11H,12H2,1-2H3,(H,26,27,29). The fraction of sp³-hybridized carbons (Fsp3) is 0.130. The number of fused-ring (bicyclic) bond motifs is 1. The summed E-state index contributed by atoms with van der Waals surface area (Å²) < 4.78 is 22.1. The van der Waals surface area contributed by atoms with Crippen LogP contribution in [0.15, 0.2) is 54.7 Å². The van der Waals surface area contributed by atoms with Crippen LogP contribution in [0.1, 0.15) is 17.4 Å². The largest absolute Gasteiger partial charge is 0.493 e. The topological polar surface area (TPSA) is 109 Å². The number of anilines is 1. The van der Waals surface area contributed by atoms with E-state index in [1.54, 1.807) is 36.4 Å². The summed E-state index contributed by atoms with van der Waals surface area (Å²) >= 11 is 7.28. The molecule has 2 heterocycles. The van der Waals surface area contributed by atoms with Gasteiger partial charge < -0.3 is 18.9 Å². The van der Waals surface area contributed by atoms with E-state index < -0.39 is 18.7 Å². The van der Waals surface area contributed by atoms with Crippen molar-refractivity contribution in [1.82, 2.24) is 9.97 Å². The number of benzene rings is 2. The van der Waals surface area contributed by atoms with Crippen molar-refractivity contribution in [3.05, 3.63) is 65.4 Å². The lowest BCUT2D eigenvalue weighted by atomic mass is 10.3. The number of amides is 1. The molecule has 9 nitrogen and oxygen atoms in total. The third kappa shape index (κ3) is 5.53. The zero-order chi connectivity index (χ0) is 24.1. The lowest BCUT2D eigenvalue weighted by Gasteiger charge is -2.13. The van der Waals surface area contributed by atoms with Crippen LogP contribution in [0.25, 0.3) is 10.2 Å². The highest BCUT2D eigenvalue weighted by molar-refractivity contribution is 7.22. The second-order valence-electron chi connectivity index (χ2n) is 6.75. The lowest BCUT2D eigenvalue weighted by molar-refractivity contribution is -0.147. The van der Waals surface area contributed by atoms with Crippen LogP contribution in [-0.4, -0.2) is 35.7 Å². The Labute approximate surface area is 203 Å². The highest BCUT2D eigenvalue weighted by Gasteiger charge is 2.21. The number of pyridine rings is 1. The first-order chi connectivity index (χ1) is 16.4. The second-order valence-corrected chi connectivity index (χ2v) is 8.22. The summed E-state index contributed by atoms with van der Waals surface area (Å²) in [7, 11) is 1.42. The van der Waals surface area contributed by atoms with Gasteiger partial charge in [0.1, 0.15) is 11.5 Å². The van der Waals surface area contributed by atoms with Crippen LogP contribution in [-0.2, 0) is 9.53 Å². The molecule has 174 valence electrons. The maximum atomic E-state index is 12.9. The first-order valence-corrected chi connectivity index (χ1v) is 11.1. The third-order valence-electron chi connectivity index (χ3n) is 4.38. The van der Waals surface area contributed by atoms with Gasteiger partial charge in [-0.2, -0.15) is 0 Å². The molecule has 1 amide bonds. The van der Waals surface area contributed by atoms with E-state index in [0.29, 0.717) is 27.2 Å². The number of halogens is 1. The van der Waals surface area contributed by atoms with Crippen molar-refractivity contribution < 1.29 is 28.5 Å². The molecule has 0 saturated carbocycles. The number of thiazole rings is 1. The van der Waals surface area contributed by atoms with E-state index >= 15 is 0 Å². The number of aromatic nitrogens is 2. The molecule has 0 aliphatic carbocycles. The molecular formula is C23H18ClN3O6S. The molecule has 0 atom stereocenters. The van der Waals surface area contributed by atoms with E-state index in [-0.39, 0.29) is 17.2 Å². The predicted molar refractivity (Wildman–Crippen MR) is 127 cm³/mol. The van der Waals surface area contributed by atoms with Gasteiger partial charge in [-0.1, -0.05) is 29.0 Å². The smallest absolute Gasteiger partial charge is 0.305 e. The Morgan fingerprint density at radius 3 is 2.71 bits per heavy atom. The monoisotopic (exact) mass is 499 g/mol. The highest BCUT2D eigenvalue weighted by atomic mass is 35.5. The molecule has 0 fully saturated rings. The average Bonchev–Trinajstić information content (AvgIpc) is 3.20. The number of ether oxygens (including phenoxy) is 4. The number of hydrogen-bond acceptors (Lipinski definition) is 9. The lowest BCUT2D eigenvalue weighted by Crippen LogP contribution is -2.17. The summed E-state index contributed by atoms with van der Waals surface area (Å²) in [5.74, 6) is 0.428. The van der Waals surface area contributed by atoms with Crippen molar-refractivity contribution in [2.75, 3.05) is 19.2 Å². The molecule has 0 bridgehead atoms. The van der Waals surface area contributed by atoms with Gasteiger partial charge in [-0.3, -0.25) is 14.9 Å². The molecule has 4 rings (SSSR count). The Morgan fingerprint density at radius 1 is 1.12 bits per heavy atom. The summed E-state index contributed by atoms with van der Waals surface area (Å²) in [4.78, 5) is 32.5. The van der Waals surface area contributed by atoms with E-state index in [0.717, 1.165) is 4.70 Å². The van der Waals surface area contributed by atoms with Gasteiger partial charge in [-0.25, -0.2) is 9.97 Å². The van der Waals surface area contributed by atoms with Crippen molar-refractivity contribution >= 4 is 50.2 Å². The zero-order valence-electron chi connectivity index (χ0n) is 18.0. The first kappa shape index (κ1) is 23.3. The van der Waals surface area contributed by atoms with Crippen LogP contribution in [0.5, 0.6) is 23.0 Å². The Kier molecular flexibility index (Phi) is 7.09. The molecule has 0 radical (unpaired) electrons. The molecule has 0 aliphatic rings. The van der Waals surface area contributed by atoms with Crippen molar-refractivity contribution in [3.63, 3.8) is 0 Å². The van der Waals surface area contributed by atoms with Crippen LogP contribution < -0.4 is 19.5 Å². The molecule has 34 heavy (non-hydrogen) atoms. The van der Waals surface area contributed by atoms with Gasteiger partial charge in [0, 0.05) is 30.3 Å². The van der Waals surface area contributed by atoms with Gasteiger partial charge in [-0.05, 0) is 30.3 Å². The fourth-order valence-corrected chi connectivity index (χ4v) is 3.98. The zero-order valence-corrected chi connectivity index (χ0v) is 19.6. The van der Waals surface area contributed by atoms with E-state index in [4.69, 9.17) is 30.5 Å². The number of nitrogens with zero attached hydrogens (tertiary/aromatic N) is 2. The van der Waals surface area contributed by atoms with Crippen LogP contribution in [0.4, 0.5) is 5.13 Å². The van der Waals surface area contributed by atoms with Gasteiger partial charge in [-0.15, -0.1) is 0 Å². The average molecular weight is 500 g/mol. The first-order valence-electron chi connectivity index (χ1n) is 9.87. The third-order valence-corrected chi connectivity index (χ3v) is 5.55. The van der Waals surface area contributed by atoms with Crippen LogP contribution in [0, 0.1) is 0 Å². The summed E-state index contributed by atoms with van der Waals surface area (Å²) in [5.41, 5.74) is 0.638. The molecule has 0 aliphatic heterocycles. The van der Waals surface area contributed by atoms with Crippen molar-refractivity contribution in [1.29, 1.82) is 0 Å². The second kappa shape index (κ2) is 10.4. The predicted octanol–water partition coefficient (Wildman–Crippen LogP) is 5.30. The summed E-state index contributed by atoms with van der Waals surface area (Å²) in [6.45, 7) is 0.851. The van der Waals surface area contributed by atoms with Crippen LogP contribution >= 0.6 is 22.9 Å². The van der Waals surface area contributed by atoms with E-state index in [9.17, 15) is 9.59 Å². The number of nitrogens with one attached hydrogen (secondary N) is 1. The number of hydrogen-bond donors (Lipinski definition) is 1. The molecule has 0 saturated heterocycles. The molecule has 0 unspecified atom stereocenters. The highest BCUT2D eigenvalue weighted by Crippen LogP contribution is 2.33. The minimum atomic E-state index is -0.564. The number of rotatable bonds is 8. The summed E-state index contributed by atoms with van der Waals surface area (Å²) in [6, 6.07) is 14.0. The Bertz CT molecular complexity index is 1360. The minimum Gasteiger partial charge on any atom is -0.493 e. The normalized spacial score (nSPS) is 10.6. The molecule has 1 N–H and O–H groups in total.